The van der Waals surface area contributed by atoms with Gasteiger partial charge in [-0.25, -0.2) is 18.2 Å². The summed E-state index contributed by atoms with van der Waals surface area (Å²) in [5.41, 5.74) is 1.30. The molecule has 2 unspecified atom stereocenters. The molecular weight excluding hydrogens is 535 g/mol. The summed E-state index contributed by atoms with van der Waals surface area (Å²) < 4.78 is 42.2. The largest absolute Gasteiger partial charge is 0.351 e. The van der Waals surface area contributed by atoms with E-state index in [0.717, 1.165) is 6.07 Å². The zero-order chi connectivity index (χ0) is 29.1. The number of nitrogens with zero attached hydrogens (tertiary/aromatic N) is 4. The fourth-order valence-corrected chi connectivity index (χ4v) is 5.57. The number of halogens is 3. The standard InChI is InChI=1S/C30H30F3N5O3/c1-19-5-2-3-8-23(19)27(28(40)36-21-11-13-30(32,33)14-12-21)37(22-7-4-6-20(31)17-22)29(41)24-9-10-26(39)38(24)25-18-34-15-16-35-25/h2-8,15-18,21,24,27H,9-14H2,1H3,(H,36,40). The van der Waals surface area contributed by atoms with Crippen molar-refractivity contribution >= 4 is 29.2 Å². The SMILES string of the molecule is Cc1ccccc1C(C(=O)NC1CCC(F)(F)CC1)N(C(=O)C1CCC(=O)N1c1cnccn1)c1cccc(F)c1. The van der Waals surface area contributed by atoms with Crippen molar-refractivity contribution in [1.29, 1.82) is 0 Å². The third-order valence-corrected chi connectivity index (χ3v) is 7.67. The molecule has 2 aromatic carbocycles. The summed E-state index contributed by atoms with van der Waals surface area (Å²) in [6.45, 7) is 1.79. The van der Waals surface area contributed by atoms with Gasteiger partial charge in [0.05, 0.1) is 6.20 Å². The Hall–Kier alpha value is -4.28. The molecule has 2 aliphatic rings. The van der Waals surface area contributed by atoms with Crippen molar-refractivity contribution in [2.75, 3.05) is 9.80 Å². The molecule has 0 radical (unpaired) electrons. The number of hydrogen-bond donors (Lipinski definition) is 1. The predicted molar refractivity (Wildman–Crippen MR) is 146 cm³/mol. The van der Waals surface area contributed by atoms with Crippen LogP contribution in [0, 0.1) is 12.7 Å². The molecule has 1 saturated carbocycles. The number of nitrogens with one attached hydrogen (secondary N) is 1. The first-order valence-electron chi connectivity index (χ1n) is 13.5. The highest BCUT2D eigenvalue weighted by Crippen LogP contribution is 2.36. The number of benzene rings is 2. The Balaban J connectivity index is 1.58. The molecule has 2 fully saturated rings. The Bertz CT molecular complexity index is 1430. The van der Waals surface area contributed by atoms with Crippen LogP contribution in [0.5, 0.6) is 0 Å². The Morgan fingerprint density at radius 3 is 2.51 bits per heavy atom. The van der Waals surface area contributed by atoms with E-state index in [9.17, 15) is 27.6 Å². The molecule has 1 aliphatic heterocycles. The maximum absolute atomic E-state index is 14.6. The van der Waals surface area contributed by atoms with Crippen LogP contribution in [-0.2, 0) is 14.4 Å². The van der Waals surface area contributed by atoms with Crippen LogP contribution in [0.1, 0.15) is 55.7 Å². The number of alkyl halides is 2. The second-order valence-corrected chi connectivity index (χ2v) is 10.5. The van der Waals surface area contributed by atoms with Crippen molar-refractivity contribution in [3.05, 3.63) is 84.1 Å². The van der Waals surface area contributed by atoms with Gasteiger partial charge in [0.15, 0.2) is 5.82 Å². The first-order valence-corrected chi connectivity index (χ1v) is 13.5. The highest BCUT2D eigenvalue weighted by atomic mass is 19.3. The van der Waals surface area contributed by atoms with E-state index in [4.69, 9.17) is 0 Å². The van der Waals surface area contributed by atoms with Crippen LogP contribution < -0.4 is 15.1 Å². The van der Waals surface area contributed by atoms with E-state index in [1.165, 1.54) is 46.6 Å². The average Bonchev–Trinajstić information content (AvgIpc) is 3.34. The first kappa shape index (κ1) is 28.3. The topological polar surface area (TPSA) is 95.5 Å². The molecular formula is C30H30F3N5O3. The fraction of sp³-hybridized carbons (Fsp3) is 0.367. The lowest BCUT2D eigenvalue weighted by Crippen LogP contribution is -2.53. The minimum atomic E-state index is -2.78. The van der Waals surface area contributed by atoms with Crippen molar-refractivity contribution in [2.45, 2.75) is 69.5 Å². The average molecular weight is 566 g/mol. The minimum Gasteiger partial charge on any atom is -0.351 e. The summed E-state index contributed by atoms with van der Waals surface area (Å²) in [6, 6.07) is 9.52. The van der Waals surface area contributed by atoms with E-state index in [-0.39, 0.29) is 55.9 Å². The van der Waals surface area contributed by atoms with Gasteiger partial charge >= 0.3 is 0 Å². The molecule has 1 aromatic heterocycles. The van der Waals surface area contributed by atoms with E-state index < -0.39 is 41.7 Å². The molecule has 1 N–H and O–H groups in total. The van der Waals surface area contributed by atoms with Crippen molar-refractivity contribution in [1.82, 2.24) is 15.3 Å². The minimum absolute atomic E-state index is 0.0709. The Morgan fingerprint density at radius 2 is 1.83 bits per heavy atom. The quantitative estimate of drug-likeness (QED) is 0.440. The molecule has 0 spiro atoms. The van der Waals surface area contributed by atoms with Crippen LogP contribution in [0.15, 0.2) is 67.1 Å². The molecule has 2 atom stereocenters. The third kappa shape index (κ3) is 6.08. The van der Waals surface area contributed by atoms with Gasteiger partial charge in [-0.3, -0.25) is 29.2 Å². The molecule has 5 rings (SSSR count). The van der Waals surface area contributed by atoms with Crippen LogP contribution >= 0.6 is 0 Å². The van der Waals surface area contributed by atoms with Crippen LogP contribution in [0.3, 0.4) is 0 Å². The van der Waals surface area contributed by atoms with E-state index in [1.807, 2.05) is 0 Å². The summed E-state index contributed by atoms with van der Waals surface area (Å²) >= 11 is 0. The zero-order valence-corrected chi connectivity index (χ0v) is 22.5. The van der Waals surface area contributed by atoms with Crippen LogP contribution in [0.4, 0.5) is 24.7 Å². The molecule has 8 nitrogen and oxygen atoms in total. The summed E-state index contributed by atoms with van der Waals surface area (Å²) in [4.78, 5) is 52.2. The zero-order valence-electron chi connectivity index (χ0n) is 22.5. The molecule has 3 aromatic rings. The Labute approximate surface area is 235 Å². The number of rotatable bonds is 7. The smallest absolute Gasteiger partial charge is 0.251 e. The molecule has 214 valence electrons. The molecule has 11 heteroatoms. The normalized spacial score (nSPS) is 19.6. The van der Waals surface area contributed by atoms with E-state index in [2.05, 4.69) is 15.3 Å². The summed E-state index contributed by atoms with van der Waals surface area (Å²) in [6.07, 6.45) is 3.93. The fourth-order valence-electron chi connectivity index (χ4n) is 5.57. The van der Waals surface area contributed by atoms with Crippen molar-refractivity contribution in [3.8, 4) is 0 Å². The van der Waals surface area contributed by atoms with E-state index >= 15 is 0 Å². The lowest BCUT2D eigenvalue weighted by atomic mass is 9.91. The number of hydrogen-bond acceptors (Lipinski definition) is 5. The molecule has 3 amide bonds. The monoisotopic (exact) mass is 565 g/mol. The van der Waals surface area contributed by atoms with E-state index in [1.54, 1.807) is 31.2 Å². The number of aryl methyl sites for hydroxylation is 1. The van der Waals surface area contributed by atoms with Gasteiger partial charge in [0.1, 0.15) is 17.9 Å². The van der Waals surface area contributed by atoms with Gasteiger partial charge in [0, 0.05) is 43.4 Å². The van der Waals surface area contributed by atoms with Crippen molar-refractivity contribution in [3.63, 3.8) is 0 Å². The summed E-state index contributed by atoms with van der Waals surface area (Å²) in [7, 11) is 0. The van der Waals surface area contributed by atoms with Crippen LogP contribution in [0.2, 0.25) is 0 Å². The van der Waals surface area contributed by atoms with E-state index in [0.29, 0.717) is 11.1 Å². The summed E-state index contributed by atoms with van der Waals surface area (Å²) in [5, 5.41) is 2.88. The van der Waals surface area contributed by atoms with Gasteiger partial charge < -0.3 is 5.32 Å². The van der Waals surface area contributed by atoms with Gasteiger partial charge in [-0.05, 0) is 55.5 Å². The second-order valence-electron chi connectivity index (χ2n) is 10.5. The molecule has 1 aliphatic carbocycles. The second kappa shape index (κ2) is 11.7. The molecule has 1 saturated heterocycles. The number of carbonyl (C=O) groups excluding carboxylic acids is 3. The number of anilines is 2. The van der Waals surface area contributed by atoms with Crippen molar-refractivity contribution < 1.29 is 27.6 Å². The summed E-state index contributed by atoms with van der Waals surface area (Å²) in [5.74, 6) is -4.73. The number of amides is 3. The molecule has 2 heterocycles. The third-order valence-electron chi connectivity index (χ3n) is 7.67. The van der Waals surface area contributed by atoms with Gasteiger partial charge in [-0.1, -0.05) is 30.3 Å². The lowest BCUT2D eigenvalue weighted by molar-refractivity contribution is -0.128. The van der Waals surface area contributed by atoms with Crippen LogP contribution in [0.25, 0.3) is 0 Å². The van der Waals surface area contributed by atoms with Crippen molar-refractivity contribution in [2.24, 2.45) is 0 Å². The number of aromatic nitrogens is 2. The highest BCUT2D eigenvalue weighted by molar-refractivity contribution is 6.10. The van der Waals surface area contributed by atoms with Gasteiger partial charge in [0.25, 0.3) is 5.91 Å². The van der Waals surface area contributed by atoms with Crippen LogP contribution in [-0.4, -0.2) is 45.7 Å². The molecule has 0 bridgehead atoms. The first-order chi connectivity index (χ1) is 19.6. The Morgan fingerprint density at radius 1 is 1.07 bits per heavy atom. The predicted octanol–water partition coefficient (Wildman–Crippen LogP) is 4.89. The maximum atomic E-state index is 14.6. The molecule has 41 heavy (non-hydrogen) atoms. The Kier molecular flexibility index (Phi) is 8.05. The highest BCUT2D eigenvalue weighted by Gasteiger charge is 2.45. The maximum Gasteiger partial charge on any atom is 0.251 e. The lowest BCUT2D eigenvalue weighted by Gasteiger charge is -2.37. The number of carbonyl (C=O) groups is 3. The van der Waals surface area contributed by atoms with Gasteiger partial charge in [-0.15, -0.1) is 0 Å². The van der Waals surface area contributed by atoms with Gasteiger partial charge in [-0.2, -0.15) is 0 Å². The van der Waals surface area contributed by atoms with Gasteiger partial charge in [0.2, 0.25) is 17.7 Å².